The van der Waals surface area contributed by atoms with Crippen LogP contribution in [0, 0.1) is 0 Å². The van der Waals surface area contributed by atoms with Gasteiger partial charge in [0.1, 0.15) is 11.4 Å². The van der Waals surface area contributed by atoms with Gasteiger partial charge in [0.25, 0.3) is 0 Å². The number of imidazole rings is 1. The van der Waals surface area contributed by atoms with Crippen LogP contribution in [0.2, 0.25) is 10.0 Å². The van der Waals surface area contributed by atoms with Gasteiger partial charge in [-0.2, -0.15) is 13.2 Å². The van der Waals surface area contributed by atoms with Gasteiger partial charge < -0.3 is 4.57 Å². The molecule has 1 aliphatic carbocycles. The molecule has 1 saturated carbocycles. The second-order valence-corrected chi connectivity index (χ2v) is 5.86. The Labute approximate surface area is 127 Å². The van der Waals surface area contributed by atoms with Gasteiger partial charge >= 0.3 is 6.18 Å². The first kappa shape index (κ1) is 14.3. The Morgan fingerprint density at radius 1 is 1.20 bits per heavy atom. The zero-order valence-corrected chi connectivity index (χ0v) is 12.2. The molecule has 8 heteroatoms. The molecule has 108 valence electrons. The molecule has 2 nitrogen and oxygen atoms in total. The van der Waals surface area contributed by atoms with Gasteiger partial charge in [-0.15, -0.1) is 11.6 Å². The summed E-state index contributed by atoms with van der Waals surface area (Å²) in [6.07, 6.45) is -4.31. The number of rotatable bonds is 2. The molecule has 0 aliphatic heterocycles. The van der Waals surface area contributed by atoms with Crippen molar-refractivity contribution in [3.05, 3.63) is 28.0 Å². The monoisotopic (exact) mass is 342 g/mol. The van der Waals surface area contributed by atoms with Crippen LogP contribution in [0.4, 0.5) is 13.2 Å². The van der Waals surface area contributed by atoms with Crippen LogP contribution >= 0.6 is 34.8 Å². The van der Waals surface area contributed by atoms with Gasteiger partial charge in [-0.1, -0.05) is 23.2 Å². The molecule has 0 radical (unpaired) electrons. The smallest absolute Gasteiger partial charge is 0.311 e. The maximum atomic E-state index is 13.3. The number of nitrogens with zero attached hydrogens (tertiary/aromatic N) is 2. The number of benzene rings is 1. The lowest BCUT2D eigenvalue weighted by atomic mass is 10.2. The van der Waals surface area contributed by atoms with Gasteiger partial charge in [0, 0.05) is 0 Å². The fourth-order valence-electron chi connectivity index (χ4n) is 2.44. The third-order valence-electron chi connectivity index (χ3n) is 3.56. The van der Waals surface area contributed by atoms with E-state index in [2.05, 4.69) is 4.98 Å². The maximum absolute atomic E-state index is 13.3. The molecular formula is C12H8Cl3F3N2. The summed E-state index contributed by atoms with van der Waals surface area (Å²) in [4.78, 5) is 4.14. The van der Waals surface area contributed by atoms with E-state index in [9.17, 15) is 13.2 Å². The van der Waals surface area contributed by atoms with Gasteiger partial charge in [-0.25, -0.2) is 4.98 Å². The molecule has 2 aromatic rings. The highest BCUT2D eigenvalue weighted by atomic mass is 35.5. The lowest BCUT2D eigenvalue weighted by Crippen LogP contribution is -2.35. The number of halogens is 6. The fraction of sp³-hybridized carbons (Fsp3) is 0.417. The normalized spacial score (nSPS) is 17.7. The van der Waals surface area contributed by atoms with Crippen molar-refractivity contribution in [3.63, 3.8) is 0 Å². The molecule has 1 fully saturated rings. The average Bonchev–Trinajstić information content (AvgIpc) is 3.09. The molecule has 0 N–H and O–H groups in total. The minimum atomic E-state index is -4.35. The number of fused-ring (bicyclic) bond motifs is 1. The summed E-state index contributed by atoms with van der Waals surface area (Å²) >= 11 is 17.5. The van der Waals surface area contributed by atoms with Gasteiger partial charge in [0.05, 0.1) is 27.0 Å². The maximum Gasteiger partial charge on any atom is 0.412 e. The minimum absolute atomic E-state index is 0.0199. The topological polar surface area (TPSA) is 17.8 Å². The predicted octanol–water partition coefficient (Wildman–Crippen LogP) is 5.13. The Morgan fingerprint density at radius 2 is 1.80 bits per heavy atom. The van der Waals surface area contributed by atoms with E-state index < -0.39 is 11.7 Å². The molecule has 1 aromatic carbocycles. The number of hydrogen-bond donors (Lipinski definition) is 0. The number of aromatic nitrogens is 2. The minimum Gasteiger partial charge on any atom is -0.311 e. The zero-order chi connectivity index (χ0) is 14.7. The molecule has 0 bridgehead atoms. The Bertz CT molecular complexity index is 689. The molecule has 0 saturated heterocycles. The van der Waals surface area contributed by atoms with Crippen molar-refractivity contribution >= 4 is 45.8 Å². The second kappa shape index (κ2) is 4.42. The molecule has 1 aliphatic rings. The van der Waals surface area contributed by atoms with E-state index in [-0.39, 0.29) is 34.6 Å². The molecule has 0 unspecified atom stereocenters. The molecular weight excluding hydrogens is 335 g/mol. The summed E-state index contributed by atoms with van der Waals surface area (Å²) in [6.45, 7) is 0. The number of hydrogen-bond acceptors (Lipinski definition) is 1. The first-order valence-corrected chi connectivity index (χ1v) is 7.09. The van der Waals surface area contributed by atoms with E-state index in [1.54, 1.807) is 0 Å². The average molecular weight is 344 g/mol. The van der Waals surface area contributed by atoms with E-state index in [1.807, 2.05) is 0 Å². The van der Waals surface area contributed by atoms with Crippen LogP contribution in [0.1, 0.15) is 18.7 Å². The molecule has 20 heavy (non-hydrogen) atoms. The third-order valence-corrected chi connectivity index (χ3v) is 4.53. The van der Waals surface area contributed by atoms with Crippen molar-refractivity contribution in [2.24, 2.45) is 0 Å². The highest BCUT2D eigenvalue weighted by Gasteiger charge is 2.65. The van der Waals surface area contributed by atoms with E-state index in [1.165, 1.54) is 12.1 Å². The molecule has 1 heterocycles. The third kappa shape index (κ3) is 1.90. The Kier molecular flexibility index (Phi) is 3.16. The van der Waals surface area contributed by atoms with E-state index in [0.717, 1.165) is 4.57 Å². The van der Waals surface area contributed by atoms with Crippen molar-refractivity contribution in [1.82, 2.24) is 9.55 Å². The molecule has 0 atom stereocenters. The van der Waals surface area contributed by atoms with Gasteiger partial charge in [-0.3, -0.25) is 0 Å². The summed E-state index contributed by atoms with van der Waals surface area (Å²) in [6, 6.07) is 2.87. The van der Waals surface area contributed by atoms with Crippen molar-refractivity contribution < 1.29 is 13.2 Å². The second-order valence-electron chi connectivity index (χ2n) is 4.78. The van der Waals surface area contributed by atoms with Crippen LogP contribution in [-0.2, 0) is 11.4 Å². The van der Waals surface area contributed by atoms with Crippen LogP contribution in [0.25, 0.3) is 11.0 Å². The Balaban J connectivity index is 2.32. The van der Waals surface area contributed by atoms with Crippen molar-refractivity contribution in [3.8, 4) is 0 Å². The summed E-state index contributed by atoms with van der Waals surface area (Å²) in [5, 5.41) is 0.446. The lowest BCUT2D eigenvalue weighted by molar-refractivity contribution is -0.179. The summed E-state index contributed by atoms with van der Waals surface area (Å²) in [5.41, 5.74) is -1.24. The van der Waals surface area contributed by atoms with Crippen LogP contribution in [-0.4, -0.2) is 15.7 Å². The zero-order valence-electron chi connectivity index (χ0n) is 9.94. The van der Waals surface area contributed by atoms with Gasteiger partial charge in [-0.05, 0) is 25.0 Å². The molecule has 0 amide bonds. The highest BCUT2D eigenvalue weighted by Crippen LogP contribution is 2.57. The standard InChI is InChI=1S/C12H8Cl3F3N2/c13-5-10-19-8-3-6(14)7(15)4-9(8)20(10)11(1-2-11)12(16,17)18/h3-4H,1-2,5H2. The SMILES string of the molecule is FC(F)(F)C1(n2c(CCl)nc3cc(Cl)c(Cl)cc32)CC1. The summed E-state index contributed by atoms with van der Waals surface area (Å²) < 4.78 is 41.2. The van der Waals surface area contributed by atoms with E-state index in [0.29, 0.717) is 11.0 Å². The number of alkyl halides is 4. The van der Waals surface area contributed by atoms with E-state index >= 15 is 0 Å². The predicted molar refractivity (Wildman–Crippen MR) is 72.6 cm³/mol. The van der Waals surface area contributed by atoms with Gasteiger partial charge in [0.2, 0.25) is 0 Å². The Morgan fingerprint density at radius 3 is 2.30 bits per heavy atom. The molecule has 1 aromatic heterocycles. The molecule has 0 spiro atoms. The van der Waals surface area contributed by atoms with Crippen LogP contribution in [0.15, 0.2) is 12.1 Å². The molecule has 3 rings (SSSR count). The first-order valence-electron chi connectivity index (χ1n) is 5.80. The largest absolute Gasteiger partial charge is 0.412 e. The van der Waals surface area contributed by atoms with Crippen molar-refractivity contribution in [2.45, 2.75) is 30.4 Å². The summed E-state index contributed by atoms with van der Waals surface area (Å²) in [5.74, 6) is 0.0664. The van der Waals surface area contributed by atoms with Crippen LogP contribution in [0.5, 0.6) is 0 Å². The fourth-order valence-corrected chi connectivity index (χ4v) is 2.94. The van der Waals surface area contributed by atoms with E-state index in [4.69, 9.17) is 34.8 Å². The van der Waals surface area contributed by atoms with Crippen LogP contribution < -0.4 is 0 Å². The lowest BCUT2D eigenvalue weighted by Gasteiger charge is -2.23. The quantitative estimate of drug-likeness (QED) is 0.691. The van der Waals surface area contributed by atoms with Crippen molar-refractivity contribution in [1.29, 1.82) is 0 Å². The summed E-state index contributed by atoms with van der Waals surface area (Å²) in [7, 11) is 0. The first-order chi connectivity index (χ1) is 9.30. The van der Waals surface area contributed by atoms with Gasteiger partial charge in [0.15, 0.2) is 0 Å². The highest BCUT2D eigenvalue weighted by molar-refractivity contribution is 6.42. The van der Waals surface area contributed by atoms with Crippen molar-refractivity contribution in [2.75, 3.05) is 0 Å². The van der Waals surface area contributed by atoms with Crippen LogP contribution in [0.3, 0.4) is 0 Å². The Hall–Kier alpha value is -0.650.